The summed E-state index contributed by atoms with van der Waals surface area (Å²) < 4.78 is 0. The minimum Gasteiger partial charge on any atom is -0.353 e. The lowest BCUT2D eigenvalue weighted by molar-refractivity contribution is -0.130. The van der Waals surface area contributed by atoms with Gasteiger partial charge < -0.3 is 9.80 Å². The zero-order valence-corrected chi connectivity index (χ0v) is 15.0. The van der Waals surface area contributed by atoms with Crippen LogP contribution in [0.5, 0.6) is 0 Å². The summed E-state index contributed by atoms with van der Waals surface area (Å²) >= 11 is 1.61. The van der Waals surface area contributed by atoms with Gasteiger partial charge in [-0.25, -0.2) is 9.97 Å². The van der Waals surface area contributed by atoms with E-state index in [-0.39, 0.29) is 11.2 Å². The molecule has 2 heterocycles. The molecule has 2 rings (SSSR count). The van der Waals surface area contributed by atoms with Crippen LogP contribution in [0.2, 0.25) is 0 Å². The zero-order valence-electron chi connectivity index (χ0n) is 14.2. The summed E-state index contributed by atoms with van der Waals surface area (Å²) in [7, 11) is 0. The fourth-order valence-electron chi connectivity index (χ4n) is 2.51. The van der Waals surface area contributed by atoms with E-state index in [4.69, 9.17) is 0 Å². The third-order valence-corrected chi connectivity index (χ3v) is 4.90. The first kappa shape index (κ1) is 17.1. The molecule has 0 N–H and O–H groups in total. The van der Waals surface area contributed by atoms with E-state index in [2.05, 4.69) is 28.7 Å². The van der Waals surface area contributed by atoms with Crippen molar-refractivity contribution in [1.82, 2.24) is 14.9 Å². The third-order valence-electron chi connectivity index (χ3n) is 3.99. The second kappa shape index (κ2) is 7.31. The van der Waals surface area contributed by atoms with E-state index in [1.807, 2.05) is 31.1 Å². The average molecular weight is 322 g/mol. The number of thioether (sulfide) groups is 1. The van der Waals surface area contributed by atoms with E-state index in [1.165, 1.54) is 0 Å². The number of carbonyl (C=O) groups excluding carboxylic acids is 1. The molecule has 1 fully saturated rings. The Labute approximate surface area is 137 Å². The highest BCUT2D eigenvalue weighted by Crippen LogP contribution is 2.19. The quantitative estimate of drug-likeness (QED) is 0.851. The van der Waals surface area contributed by atoms with Crippen LogP contribution in [0.25, 0.3) is 0 Å². The smallest absolute Gasteiger partial charge is 0.235 e. The molecule has 1 atom stereocenters. The molecule has 122 valence electrons. The van der Waals surface area contributed by atoms with Crippen molar-refractivity contribution in [2.45, 2.75) is 38.9 Å². The molecule has 1 unspecified atom stereocenters. The van der Waals surface area contributed by atoms with Crippen molar-refractivity contribution in [3.05, 3.63) is 17.6 Å². The molecule has 1 aliphatic rings. The molecule has 5 nitrogen and oxygen atoms in total. The van der Waals surface area contributed by atoms with Crippen LogP contribution in [0.1, 0.15) is 38.2 Å². The molecule has 0 bridgehead atoms. The molecule has 0 spiro atoms. The van der Waals surface area contributed by atoms with Gasteiger partial charge in [0, 0.05) is 43.9 Å². The number of anilines is 1. The van der Waals surface area contributed by atoms with Gasteiger partial charge in [-0.2, -0.15) is 11.8 Å². The van der Waals surface area contributed by atoms with Gasteiger partial charge in [0.1, 0.15) is 11.6 Å². The molecule has 0 saturated carbocycles. The van der Waals surface area contributed by atoms with Crippen LogP contribution in [-0.4, -0.2) is 58.5 Å². The molecular formula is C16H26N4OS. The number of aromatic nitrogens is 2. The molecule has 6 heteroatoms. The Morgan fingerprint density at radius 3 is 2.36 bits per heavy atom. The van der Waals surface area contributed by atoms with Gasteiger partial charge in [0.15, 0.2) is 0 Å². The van der Waals surface area contributed by atoms with Gasteiger partial charge in [-0.3, -0.25) is 4.79 Å². The summed E-state index contributed by atoms with van der Waals surface area (Å²) in [5.41, 5.74) is 1.00. The predicted molar refractivity (Wildman–Crippen MR) is 92.6 cm³/mol. The maximum atomic E-state index is 12.2. The normalized spacial score (nSPS) is 17.0. The first-order chi connectivity index (χ1) is 10.4. The van der Waals surface area contributed by atoms with Crippen molar-refractivity contribution in [3.63, 3.8) is 0 Å². The summed E-state index contributed by atoms with van der Waals surface area (Å²) in [6, 6.07) is 2.04. The third kappa shape index (κ3) is 3.91. The van der Waals surface area contributed by atoms with E-state index >= 15 is 0 Å². The standard InChI is InChI=1S/C16H26N4OS/c1-11(2)15-17-12(3)10-14(18-15)19-6-8-20(9-7-19)16(21)13(4)22-5/h10-11,13H,6-9H2,1-5H3. The second-order valence-electron chi connectivity index (χ2n) is 6.07. The minimum atomic E-state index is 0.0420. The number of carbonyl (C=O) groups is 1. The van der Waals surface area contributed by atoms with Crippen molar-refractivity contribution >= 4 is 23.5 Å². The zero-order chi connectivity index (χ0) is 16.3. The molecule has 1 aliphatic heterocycles. The summed E-state index contributed by atoms with van der Waals surface area (Å²) in [6.07, 6.45) is 1.98. The number of nitrogens with zero attached hydrogens (tertiary/aromatic N) is 4. The summed E-state index contributed by atoms with van der Waals surface area (Å²) in [5, 5.41) is 0.0420. The van der Waals surface area contributed by atoms with Gasteiger partial charge in [0.05, 0.1) is 5.25 Å². The average Bonchev–Trinajstić information content (AvgIpc) is 2.53. The highest BCUT2D eigenvalue weighted by atomic mass is 32.2. The molecule has 0 aromatic carbocycles. The van der Waals surface area contributed by atoms with Crippen molar-refractivity contribution in [3.8, 4) is 0 Å². The molecule has 22 heavy (non-hydrogen) atoms. The number of aryl methyl sites for hydroxylation is 1. The van der Waals surface area contributed by atoms with E-state index < -0.39 is 0 Å². The van der Waals surface area contributed by atoms with Gasteiger partial charge in [0.25, 0.3) is 0 Å². The molecule has 1 aromatic rings. The van der Waals surface area contributed by atoms with Crippen LogP contribution in [0.15, 0.2) is 6.07 Å². The van der Waals surface area contributed by atoms with Crippen LogP contribution in [0.4, 0.5) is 5.82 Å². The molecule has 0 radical (unpaired) electrons. The molecule has 1 amide bonds. The van der Waals surface area contributed by atoms with Gasteiger partial charge >= 0.3 is 0 Å². The van der Waals surface area contributed by atoms with Crippen molar-refractivity contribution in [2.24, 2.45) is 0 Å². The Balaban J connectivity index is 2.04. The van der Waals surface area contributed by atoms with Crippen molar-refractivity contribution in [2.75, 3.05) is 37.3 Å². The number of hydrogen-bond donors (Lipinski definition) is 0. The molecular weight excluding hydrogens is 296 g/mol. The second-order valence-corrected chi connectivity index (χ2v) is 7.25. The monoisotopic (exact) mass is 322 g/mol. The number of piperazine rings is 1. The van der Waals surface area contributed by atoms with Gasteiger partial charge in [-0.05, 0) is 20.1 Å². The minimum absolute atomic E-state index is 0.0420. The first-order valence-corrected chi connectivity index (χ1v) is 9.13. The lowest BCUT2D eigenvalue weighted by atomic mass is 10.2. The fraction of sp³-hybridized carbons (Fsp3) is 0.688. The van der Waals surface area contributed by atoms with E-state index in [9.17, 15) is 4.79 Å². The number of amides is 1. The van der Waals surface area contributed by atoms with E-state index in [1.54, 1.807) is 11.8 Å². The highest BCUT2D eigenvalue weighted by molar-refractivity contribution is 7.99. The SMILES string of the molecule is CSC(C)C(=O)N1CCN(c2cc(C)nc(C(C)C)n2)CC1. The van der Waals surface area contributed by atoms with Crippen LogP contribution in [0.3, 0.4) is 0 Å². The van der Waals surface area contributed by atoms with Crippen molar-refractivity contribution in [1.29, 1.82) is 0 Å². The topological polar surface area (TPSA) is 49.3 Å². The van der Waals surface area contributed by atoms with Crippen LogP contribution in [0, 0.1) is 6.92 Å². The molecule has 1 aromatic heterocycles. The van der Waals surface area contributed by atoms with Gasteiger partial charge in [-0.15, -0.1) is 0 Å². The largest absolute Gasteiger partial charge is 0.353 e. The lowest BCUT2D eigenvalue weighted by Gasteiger charge is -2.36. The Hall–Kier alpha value is -1.30. The fourth-order valence-corrected chi connectivity index (χ4v) is 2.86. The maximum absolute atomic E-state index is 12.2. The Bertz CT molecular complexity index is 527. The Kier molecular flexibility index (Phi) is 5.67. The predicted octanol–water partition coefficient (Wildman–Crippen LogP) is 2.31. The van der Waals surface area contributed by atoms with Crippen LogP contribution in [-0.2, 0) is 4.79 Å². The summed E-state index contributed by atoms with van der Waals surface area (Å²) in [5.74, 6) is 2.45. The Morgan fingerprint density at radius 1 is 1.18 bits per heavy atom. The summed E-state index contributed by atoms with van der Waals surface area (Å²) in [4.78, 5) is 25.6. The first-order valence-electron chi connectivity index (χ1n) is 7.84. The number of hydrogen-bond acceptors (Lipinski definition) is 5. The van der Waals surface area contributed by atoms with Crippen molar-refractivity contribution < 1.29 is 4.79 Å². The maximum Gasteiger partial charge on any atom is 0.235 e. The van der Waals surface area contributed by atoms with Gasteiger partial charge in [-0.1, -0.05) is 13.8 Å². The van der Waals surface area contributed by atoms with E-state index in [0.717, 1.165) is 43.5 Å². The van der Waals surface area contributed by atoms with E-state index in [0.29, 0.717) is 5.92 Å². The van der Waals surface area contributed by atoms with Crippen LogP contribution >= 0.6 is 11.8 Å². The number of rotatable bonds is 4. The lowest BCUT2D eigenvalue weighted by Crippen LogP contribution is -2.51. The molecule has 1 saturated heterocycles. The van der Waals surface area contributed by atoms with Crippen LogP contribution < -0.4 is 4.90 Å². The highest BCUT2D eigenvalue weighted by Gasteiger charge is 2.25. The summed E-state index contributed by atoms with van der Waals surface area (Å²) in [6.45, 7) is 11.4. The molecule has 0 aliphatic carbocycles. The van der Waals surface area contributed by atoms with Gasteiger partial charge in [0.2, 0.25) is 5.91 Å². The Morgan fingerprint density at radius 2 is 1.82 bits per heavy atom.